The number of aromatic nitrogens is 3. The fraction of sp³-hybridized carbons (Fsp3) is 0.333. The van der Waals surface area contributed by atoms with Crippen molar-refractivity contribution in [3.05, 3.63) is 167 Å². The van der Waals surface area contributed by atoms with Crippen LogP contribution in [0, 0.1) is 11.5 Å². The summed E-state index contributed by atoms with van der Waals surface area (Å²) in [5.41, 5.74) is 13.1. The van der Waals surface area contributed by atoms with Gasteiger partial charge in [-0.3, -0.25) is 9.55 Å². The van der Waals surface area contributed by atoms with Gasteiger partial charge in [0.15, 0.2) is 0 Å². The van der Waals surface area contributed by atoms with Gasteiger partial charge in [-0.1, -0.05) is 200 Å². The van der Waals surface area contributed by atoms with Gasteiger partial charge in [0.1, 0.15) is 11.6 Å². The van der Waals surface area contributed by atoms with Gasteiger partial charge in [0.25, 0.3) is 0 Å². The van der Waals surface area contributed by atoms with Crippen molar-refractivity contribution in [2.45, 2.75) is 132 Å². The Labute approximate surface area is 425 Å². The zero-order valence-corrected chi connectivity index (χ0v) is 45.0. The van der Waals surface area contributed by atoms with Gasteiger partial charge in [-0.2, -0.15) is 0 Å². The Bertz CT molecular complexity index is 3260. The molecule has 0 saturated carbocycles. The number of imidazole rings is 1. The van der Waals surface area contributed by atoms with Crippen molar-refractivity contribution in [1.82, 2.24) is 14.5 Å². The Balaban J connectivity index is 0.00000741. The predicted octanol–water partition coefficient (Wildman–Crippen LogP) is 17.0. The number of benzene rings is 6. The van der Waals surface area contributed by atoms with Crippen molar-refractivity contribution in [1.29, 1.82) is 0 Å². The first-order chi connectivity index (χ1) is 32.5. The maximum atomic E-state index is 12.6. The van der Waals surface area contributed by atoms with Crippen molar-refractivity contribution >= 4 is 11.0 Å². The maximum absolute atomic E-state index is 12.6. The predicted molar refractivity (Wildman–Crippen MR) is 285 cm³/mol. The van der Waals surface area contributed by atoms with E-state index in [1.807, 2.05) is 57.2 Å². The first-order valence-corrected chi connectivity index (χ1v) is 23.7. The summed E-state index contributed by atoms with van der Waals surface area (Å²) in [7, 11) is 0. The van der Waals surface area contributed by atoms with Crippen LogP contribution in [0.4, 0.5) is 0 Å². The van der Waals surface area contributed by atoms with Crippen LogP contribution in [-0.4, -0.2) is 19.6 Å². The molecule has 8 aromatic rings. The van der Waals surface area contributed by atoms with Crippen molar-refractivity contribution in [3.8, 4) is 67.5 Å². The average molecular weight is 1080 g/mol. The van der Waals surface area contributed by atoms with Gasteiger partial charge in [-0.25, -0.2) is 4.98 Å². The first kappa shape index (κ1) is 46.2. The number of nitrogens with zero attached hydrogens (tertiary/aromatic N) is 3. The van der Waals surface area contributed by atoms with Crippen LogP contribution in [0.1, 0.15) is 136 Å². The fourth-order valence-electron chi connectivity index (χ4n) is 8.73. The molecule has 0 aliphatic rings. The van der Waals surface area contributed by atoms with Crippen LogP contribution in [0.25, 0.3) is 72.7 Å². The molecule has 0 unspecified atom stereocenters. The fourth-order valence-corrected chi connectivity index (χ4v) is 8.73. The SMILES string of the molecule is [2H]c1c(-c2ccc(C([2H])([2H])C(C)(C)C)cc2)ccnc1-c1[c-]c(-c2cccc3c2nc(-c2cc(C(C)(C)C)cc(C(C)(C)C)c2O)n3-c2ccc(C(C)(C)C)cc2-c2ccccc2)cc(C(C)(C)C)c1.[Pt]. The van der Waals surface area contributed by atoms with Gasteiger partial charge >= 0.3 is 0 Å². The Morgan fingerprint density at radius 2 is 1.19 bits per heavy atom. The van der Waals surface area contributed by atoms with Gasteiger partial charge < -0.3 is 5.11 Å². The molecule has 0 bridgehead atoms. The first-order valence-electron chi connectivity index (χ1n) is 25.2. The van der Waals surface area contributed by atoms with Crippen molar-refractivity contribution in [2.24, 2.45) is 5.41 Å². The molecule has 1 N–H and O–H groups in total. The Hall–Kier alpha value is -5.57. The van der Waals surface area contributed by atoms with Crippen LogP contribution in [-0.2, 0) is 49.1 Å². The molecule has 0 fully saturated rings. The van der Waals surface area contributed by atoms with E-state index in [1.165, 1.54) is 5.56 Å². The molecule has 0 aliphatic carbocycles. The van der Waals surface area contributed by atoms with Gasteiger partial charge in [-0.05, 0) is 97.2 Å². The summed E-state index contributed by atoms with van der Waals surface area (Å²) in [4.78, 5) is 10.5. The molecular weight excluding hydrogens is 1010 g/mol. The molecule has 0 spiro atoms. The number of hydrogen-bond acceptors (Lipinski definition) is 3. The largest absolute Gasteiger partial charge is 0.507 e. The van der Waals surface area contributed by atoms with E-state index >= 15 is 0 Å². The molecule has 6 aromatic carbocycles. The summed E-state index contributed by atoms with van der Waals surface area (Å²) in [6, 6.07) is 45.5. The van der Waals surface area contributed by atoms with Crippen LogP contribution < -0.4 is 0 Å². The van der Waals surface area contributed by atoms with E-state index in [4.69, 9.17) is 12.7 Å². The van der Waals surface area contributed by atoms with Crippen molar-refractivity contribution < 1.29 is 30.3 Å². The maximum Gasteiger partial charge on any atom is 0.148 e. The topological polar surface area (TPSA) is 50.9 Å². The zero-order chi connectivity index (χ0) is 51.1. The summed E-state index contributed by atoms with van der Waals surface area (Å²) in [6.07, 6.45) is 0.209. The normalized spacial score (nSPS) is 13.5. The van der Waals surface area contributed by atoms with Gasteiger partial charge in [0.2, 0.25) is 0 Å². The minimum Gasteiger partial charge on any atom is -0.507 e. The molecule has 8 rings (SSSR count). The number of para-hydroxylation sites is 1. The third-order valence-electron chi connectivity index (χ3n) is 12.6. The number of fused-ring (bicyclic) bond motifs is 1. The molecule has 5 heteroatoms. The van der Waals surface area contributed by atoms with Crippen molar-refractivity contribution in [2.75, 3.05) is 0 Å². The van der Waals surface area contributed by atoms with Gasteiger partial charge in [0, 0.05) is 46.8 Å². The molecule has 0 aliphatic heterocycles. The summed E-state index contributed by atoms with van der Waals surface area (Å²) in [5, 5.41) is 12.6. The molecule has 0 atom stereocenters. The van der Waals surface area contributed by atoms with E-state index in [0.29, 0.717) is 33.8 Å². The van der Waals surface area contributed by atoms with Gasteiger partial charge in [-0.15, -0.1) is 29.3 Å². The van der Waals surface area contributed by atoms with Gasteiger partial charge in [0.05, 0.1) is 23.7 Å². The Morgan fingerprint density at radius 1 is 0.574 bits per heavy atom. The number of hydrogen-bond donors (Lipinski definition) is 1. The monoisotopic (exact) mass is 1080 g/mol. The van der Waals surface area contributed by atoms with Crippen LogP contribution in [0.3, 0.4) is 0 Å². The van der Waals surface area contributed by atoms with E-state index in [2.05, 4.69) is 179 Å². The molecular formula is C63H70N3OPt-. The van der Waals surface area contributed by atoms with E-state index in [-0.39, 0.29) is 54.5 Å². The molecule has 68 heavy (non-hydrogen) atoms. The number of pyridine rings is 1. The van der Waals surface area contributed by atoms with Crippen LogP contribution >= 0.6 is 0 Å². The van der Waals surface area contributed by atoms with Crippen molar-refractivity contribution in [3.63, 3.8) is 0 Å². The third-order valence-corrected chi connectivity index (χ3v) is 12.6. The van der Waals surface area contributed by atoms with Crippen LogP contribution in [0.2, 0.25) is 0 Å². The smallest absolute Gasteiger partial charge is 0.148 e. The Morgan fingerprint density at radius 3 is 1.81 bits per heavy atom. The number of phenolic OH excluding ortho intramolecular Hbond substituents is 1. The molecule has 354 valence electrons. The second kappa shape index (κ2) is 18.4. The summed E-state index contributed by atoms with van der Waals surface area (Å²) >= 11 is 0. The molecule has 0 saturated heterocycles. The summed E-state index contributed by atoms with van der Waals surface area (Å²) < 4.78 is 29.6. The van der Waals surface area contributed by atoms with E-state index in [9.17, 15) is 6.48 Å². The standard InChI is InChI=1S/C63H70N3O.Pt/c1-59(2,3)39-40-24-26-41(27-25-40)43-30-31-64-53(35-43)45-32-44(33-47(34-45)61(7,8)9)49-22-19-23-55-56(49)65-58(51-37-48(62(10,11)12)38-52(57(51)67)63(13,14)15)66(55)54-29-28-46(60(4,5)6)36-50(54)42-20-17-16-18-21-42;/h16-31,33-38,67H,39H2,1-15H3;/q-1;/i35D,39D2;. The third kappa shape index (κ3) is 10.5. The second-order valence-electron chi connectivity index (χ2n) is 23.4. The molecule has 0 amide bonds. The molecule has 4 nitrogen and oxygen atoms in total. The van der Waals surface area contributed by atoms with E-state index < -0.39 is 11.8 Å². The molecule has 2 aromatic heterocycles. The van der Waals surface area contributed by atoms with E-state index in [1.54, 1.807) is 6.20 Å². The summed E-state index contributed by atoms with van der Waals surface area (Å²) in [5.74, 6) is 0.847. The minimum atomic E-state index is -1.54. The minimum absolute atomic E-state index is 0. The Kier molecular flexibility index (Phi) is 12.5. The summed E-state index contributed by atoms with van der Waals surface area (Å²) in [6.45, 7) is 32.1. The molecule has 0 radical (unpaired) electrons. The molecule has 2 heterocycles. The quantitative estimate of drug-likeness (QED) is 0.162. The van der Waals surface area contributed by atoms with Crippen LogP contribution in [0.15, 0.2) is 134 Å². The number of rotatable bonds is 7. The second-order valence-corrected chi connectivity index (χ2v) is 23.4. The zero-order valence-electron chi connectivity index (χ0n) is 45.7. The number of aromatic hydroxyl groups is 1. The van der Waals surface area contributed by atoms with E-state index in [0.717, 1.165) is 61.2 Å². The van der Waals surface area contributed by atoms with Crippen LogP contribution in [0.5, 0.6) is 5.75 Å². The average Bonchev–Trinajstić information content (AvgIpc) is 3.67. The number of phenols is 1.